The molecule has 0 unspecified atom stereocenters. The summed E-state index contributed by atoms with van der Waals surface area (Å²) < 4.78 is 5.16. The molecule has 2 N–H and O–H groups in total. The minimum atomic E-state index is 0.204. The predicted molar refractivity (Wildman–Crippen MR) is 56.1 cm³/mol. The molecule has 1 saturated carbocycles. The first-order valence-corrected chi connectivity index (χ1v) is 5.37. The van der Waals surface area contributed by atoms with Crippen molar-refractivity contribution in [3.05, 3.63) is 24.2 Å². The minimum Gasteiger partial charge on any atom is -0.468 e. The fraction of sp³-hybridized carbons (Fsp3) is 0.545. The smallest absolute Gasteiger partial charge is 0.223 e. The van der Waals surface area contributed by atoms with Gasteiger partial charge < -0.3 is 15.1 Å². The number of carbonyl (C=O) groups excluding carboxylic acids is 1. The Morgan fingerprint density at radius 1 is 1.47 bits per heavy atom. The van der Waals surface area contributed by atoms with Crippen LogP contribution in [0.25, 0.3) is 0 Å². The molecule has 1 aliphatic carbocycles. The van der Waals surface area contributed by atoms with Crippen molar-refractivity contribution in [3.8, 4) is 0 Å². The summed E-state index contributed by atoms with van der Waals surface area (Å²) in [5.74, 6) is 1.42. The Morgan fingerprint density at radius 3 is 3.00 bits per heavy atom. The van der Waals surface area contributed by atoms with Crippen LogP contribution in [0.2, 0.25) is 0 Å². The van der Waals surface area contributed by atoms with E-state index in [-0.39, 0.29) is 5.91 Å². The van der Waals surface area contributed by atoms with Gasteiger partial charge in [-0.3, -0.25) is 4.79 Å². The number of carbonyl (C=O) groups is 1. The summed E-state index contributed by atoms with van der Waals surface area (Å²) in [7, 11) is 0. The van der Waals surface area contributed by atoms with Crippen LogP contribution in [0, 0.1) is 5.92 Å². The molecule has 1 aliphatic rings. The second-order valence-corrected chi connectivity index (χ2v) is 3.82. The first kappa shape index (κ1) is 10.2. The number of rotatable bonds is 6. The van der Waals surface area contributed by atoms with E-state index in [1.165, 1.54) is 0 Å². The van der Waals surface area contributed by atoms with Gasteiger partial charge in [0.1, 0.15) is 5.76 Å². The van der Waals surface area contributed by atoms with Crippen molar-refractivity contribution in [2.24, 2.45) is 5.92 Å². The SMILES string of the molecule is O=C(NCCNCc1ccco1)C1CC1. The fourth-order valence-corrected chi connectivity index (χ4v) is 1.39. The van der Waals surface area contributed by atoms with Gasteiger partial charge in [0.2, 0.25) is 5.91 Å². The average molecular weight is 208 g/mol. The van der Waals surface area contributed by atoms with Crippen molar-refractivity contribution in [2.75, 3.05) is 13.1 Å². The molecule has 1 fully saturated rings. The standard InChI is InChI=1S/C11H16N2O2/c14-11(9-3-4-9)13-6-5-12-8-10-2-1-7-15-10/h1-2,7,9,12H,3-6,8H2,(H,13,14). The molecule has 0 aromatic carbocycles. The molecule has 4 heteroatoms. The quantitative estimate of drug-likeness (QED) is 0.683. The molecule has 15 heavy (non-hydrogen) atoms. The normalized spacial score (nSPS) is 15.2. The predicted octanol–water partition coefficient (Wildman–Crippen LogP) is 0.895. The largest absolute Gasteiger partial charge is 0.468 e. The first-order valence-electron chi connectivity index (χ1n) is 5.37. The maximum Gasteiger partial charge on any atom is 0.223 e. The fourth-order valence-electron chi connectivity index (χ4n) is 1.39. The highest BCUT2D eigenvalue weighted by Gasteiger charge is 2.28. The Bertz CT molecular complexity index is 304. The number of hydrogen-bond donors (Lipinski definition) is 2. The molecule has 4 nitrogen and oxygen atoms in total. The molecule has 1 amide bonds. The average Bonchev–Trinajstić information content (AvgIpc) is 2.97. The Kier molecular flexibility index (Phi) is 3.40. The van der Waals surface area contributed by atoms with Crippen molar-refractivity contribution in [2.45, 2.75) is 19.4 Å². The Balaban J connectivity index is 1.50. The lowest BCUT2D eigenvalue weighted by Gasteiger charge is -2.04. The van der Waals surface area contributed by atoms with Gasteiger partial charge in [-0.2, -0.15) is 0 Å². The van der Waals surface area contributed by atoms with Crippen molar-refractivity contribution in [3.63, 3.8) is 0 Å². The van der Waals surface area contributed by atoms with Gasteiger partial charge in [-0.1, -0.05) is 0 Å². The van der Waals surface area contributed by atoms with E-state index in [1.807, 2.05) is 12.1 Å². The Labute approximate surface area is 89.0 Å². The van der Waals surface area contributed by atoms with Gasteiger partial charge in [0.25, 0.3) is 0 Å². The van der Waals surface area contributed by atoms with E-state index in [0.29, 0.717) is 19.0 Å². The van der Waals surface area contributed by atoms with Gasteiger partial charge in [-0.15, -0.1) is 0 Å². The van der Waals surface area contributed by atoms with Gasteiger partial charge in [-0.25, -0.2) is 0 Å². The van der Waals surface area contributed by atoms with Crippen molar-refractivity contribution in [1.82, 2.24) is 10.6 Å². The molecule has 0 atom stereocenters. The monoisotopic (exact) mass is 208 g/mol. The molecule has 2 rings (SSSR count). The van der Waals surface area contributed by atoms with Crippen LogP contribution in [-0.2, 0) is 11.3 Å². The third-order valence-electron chi connectivity index (χ3n) is 2.43. The first-order chi connectivity index (χ1) is 7.36. The van der Waals surface area contributed by atoms with Crippen LogP contribution in [0.3, 0.4) is 0 Å². The summed E-state index contributed by atoms with van der Waals surface area (Å²) in [6.45, 7) is 2.18. The lowest BCUT2D eigenvalue weighted by Crippen LogP contribution is -2.32. The van der Waals surface area contributed by atoms with E-state index < -0.39 is 0 Å². The van der Waals surface area contributed by atoms with Crippen molar-refractivity contribution >= 4 is 5.91 Å². The van der Waals surface area contributed by atoms with E-state index in [9.17, 15) is 4.79 Å². The maximum absolute atomic E-state index is 11.2. The van der Waals surface area contributed by atoms with Crippen LogP contribution in [0.4, 0.5) is 0 Å². The van der Waals surface area contributed by atoms with Crippen LogP contribution in [0.15, 0.2) is 22.8 Å². The number of furan rings is 1. The maximum atomic E-state index is 11.2. The van der Waals surface area contributed by atoms with Crippen LogP contribution < -0.4 is 10.6 Å². The van der Waals surface area contributed by atoms with E-state index in [4.69, 9.17) is 4.42 Å². The second kappa shape index (κ2) is 4.98. The zero-order chi connectivity index (χ0) is 10.5. The molecule has 0 saturated heterocycles. The van der Waals surface area contributed by atoms with E-state index in [1.54, 1.807) is 6.26 Å². The lowest BCUT2D eigenvalue weighted by atomic mass is 10.4. The summed E-state index contributed by atoms with van der Waals surface area (Å²) in [4.78, 5) is 11.2. The minimum absolute atomic E-state index is 0.204. The molecule has 0 aliphatic heterocycles. The van der Waals surface area contributed by atoms with Gasteiger partial charge >= 0.3 is 0 Å². The topological polar surface area (TPSA) is 54.3 Å². The van der Waals surface area contributed by atoms with Crippen molar-refractivity contribution in [1.29, 1.82) is 0 Å². The Morgan fingerprint density at radius 2 is 2.33 bits per heavy atom. The molecule has 0 radical (unpaired) electrons. The summed E-state index contributed by atoms with van der Waals surface area (Å²) in [6, 6.07) is 3.79. The van der Waals surface area contributed by atoms with Crippen molar-refractivity contribution < 1.29 is 9.21 Å². The molecule has 0 spiro atoms. The van der Waals surface area contributed by atoms with E-state index in [0.717, 1.165) is 25.1 Å². The van der Waals surface area contributed by atoms with Gasteiger partial charge in [-0.05, 0) is 25.0 Å². The van der Waals surface area contributed by atoms with Gasteiger partial charge in [0.15, 0.2) is 0 Å². The van der Waals surface area contributed by atoms with E-state index in [2.05, 4.69) is 10.6 Å². The van der Waals surface area contributed by atoms with Crippen LogP contribution in [-0.4, -0.2) is 19.0 Å². The molecule has 82 valence electrons. The van der Waals surface area contributed by atoms with Crippen LogP contribution in [0.1, 0.15) is 18.6 Å². The zero-order valence-electron chi connectivity index (χ0n) is 8.66. The second-order valence-electron chi connectivity index (χ2n) is 3.82. The van der Waals surface area contributed by atoms with Gasteiger partial charge in [0.05, 0.1) is 12.8 Å². The van der Waals surface area contributed by atoms with E-state index >= 15 is 0 Å². The third kappa shape index (κ3) is 3.40. The highest BCUT2D eigenvalue weighted by atomic mass is 16.3. The molecule has 1 heterocycles. The number of hydrogen-bond acceptors (Lipinski definition) is 3. The lowest BCUT2D eigenvalue weighted by molar-refractivity contribution is -0.122. The summed E-state index contributed by atoms with van der Waals surface area (Å²) >= 11 is 0. The molecule has 1 aromatic rings. The third-order valence-corrected chi connectivity index (χ3v) is 2.43. The molecule has 0 bridgehead atoms. The van der Waals surface area contributed by atoms with Gasteiger partial charge in [0, 0.05) is 19.0 Å². The highest BCUT2D eigenvalue weighted by molar-refractivity contribution is 5.80. The van der Waals surface area contributed by atoms with Crippen LogP contribution >= 0.6 is 0 Å². The molecular weight excluding hydrogens is 192 g/mol. The Hall–Kier alpha value is -1.29. The van der Waals surface area contributed by atoms with Crippen LogP contribution in [0.5, 0.6) is 0 Å². The molecule has 1 aromatic heterocycles. The summed E-state index contributed by atoms with van der Waals surface area (Å²) in [5, 5.41) is 6.09. The summed E-state index contributed by atoms with van der Waals surface area (Å²) in [6.07, 6.45) is 3.78. The zero-order valence-corrected chi connectivity index (χ0v) is 8.66. The summed E-state index contributed by atoms with van der Waals surface area (Å²) in [5.41, 5.74) is 0. The highest BCUT2D eigenvalue weighted by Crippen LogP contribution is 2.28. The number of amides is 1. The number of nitrogens with one attached hydrogen (secondary N) is 2. The molecular formula is C11H16N2O2.